The van der Waals surface area contributed by atoms with Crippen LogP contribution in [0.2, 0.25) is 0 Å². The van der Waals surface area contributed by atoms with Gasteiger partial charge in [-0.1, -0.05) is 0 Å². The molecule has 1 aromatic rings. The number of benzene rings is 1. The van der Waals surface area contributed by atoms with E-state index in [2.05, 4.69) is 5.32 Å². The van der Waals surface area contributed by atoms with E-state index in [0.29, 0.717) is 19.4 Å². The summed E-state index contributed by atoms with van der Waals surface area (Å²) in [6, 6.07) is 3.31. The van der Waals surface area contributed by atoms with Gasteiger partial charge in [0.25, 0.3) is 0 Å². The van der Waals surface area contributed by atoms with E-state index in [4.69, 9.17) is 9.84 Å². The van der Waals surface area contributed by atoms with Gasteiger partial charge in [0.1, 0.15) is 5.82 Å². The molecule has 0 spiro atoms. The second kappa shape index (κ2) is 6.00. The van der Waals surface area contributed by atoms with Crippen LogP contribution in [0.25, 0.3) is 0 Å². The lowest BCUT2D eigenvalue weighted by atomic mass is 9.95. The lowest BCUT2D eigenvalue weighted by Gasteiger charge is -2.26. The highest BCUT2D eigenvalue weighted by atomic mass is 19.1. The zero-order valence-corrected chi connectivity index (χ0v) is 11.1. The predicted octanol–water partition coefficient (Wildman–Crippen LogP) is 2.28. The van der Waals surface area contributed by atoms with E-state index in [-0.39, 0.29) is 29.2 Å². The van der Waals surface area contributed by atoms with Crippen LogP contribution < -0.4 is 5.32 Å². The third-order valence-corrected chi connectivity index (χ3v) is 3.33. The summed E-state index contributed by atoms with van der Waals surface area (Å²) in [5.41, 5.74) is -0.170. The maximum atomic E-state index is 13.6. The van der Waals surface area contributed by atoms with Crippen LogP contribution in [0.5, 0.6) is 0 Å². The Labute approximate surface area is 115 Å². The van der Waals surface area contributed by atoms with Crippen molar-refractivity contribution in [3.05, 3.63) is 29.6 Å². The Bertz CT molecular complexity index is 532. The Morgan fingerprint density at radius 3 is 2.85 bits per heavy atom. The lowest BCUT2D eigenvalue weighted by molar-refractivity contribution is -0.124. The Morgan fingerprint density at radius 2 is 2.20 bits per heavy atom. The number of hydrogen-bond donors (Lipinski definition) is 2. The highest BCUT2D eigenvalue weighted by Crippen LogP contribution is 2.23. The van der Waals surface area contributed by atoms with Crippen molar-refractivity contribution < 1.29 is 23.8 Å². The molecular formula is C14H16FNO4. The topological polar surface area (TPSA) is 75.6 Å². The zero-order valence-electron chi connectivity index (χ0n) is 11.1. The molecule has 108 valence electrons. The minimum absolute atomic E-state index is 0.00491. The molecule has 0 radical (unpaired) electrons. The highest BCUT2D eigenvalue weighted by Gasteiger charge is 2.26. The van der Waals surface area contributed by atoms with Crippen molar-refractivity contribution in [1.82, 2.24) is 0 Å². The summed E-state index contributed by atoms with van der Waals surface area (Å²) in [7, 11) is 0. The number of halogens is 1. The van der Waals surface area contributed by atoms with Crippen molar-refractivity contribution in [3.63, 3.8) is 0 Å². The van der Waals surface area contributed by atoms with E-state index in [1.807, 2.05) is 6.92 Å². The van der Waals surface area contributed by atoms with Crippen molar-refractivity contribution in [3.8, 4) is 0 Å². The van der Waals surface area contributed by atoms with Crippen molar-refractivity contribution in [2.75, 3.05) is 11.9 Å². The number of anilines is 1. The molecule has 1 fully saturated rings. The number of ether oxygens (including phenoxy) is 1. The van der Waals surface area contributed by atoms with Crippen LogP contribution in [0, 0.1) is 11.7 Å². The van der Waals surface area contributed by atoms with E-state index >= 15 is 0 Å². The number of nitrogens with one attached hydrogen (secondary N) is 1. The maximum absolute atomic E-state index is 13.6. The number of carbonyl (C=O) groups excluding carboxylic acids is 1. The summed E-state index contributed by atoms with van der Waals surface area (Å²) < 4.78 is 19.0. The number of rotatable bonds is 3. The molecule has 1 aromatic carbocycles. The van der Waals surface area contributed by atoms with Crippen molar-refractivity contribution >= 4 is 17.6 Å². The van der Waals surface area contributed by atoms with Crippen LogP contribution in [0.15, 0.2) is 18.2 Å². The monoisotopic (exact) mass is 281 g/mol. The maximum Gasteiger partial charge on any atom is 0.335 e. The largest absolute Gasteiger partial charge is 0.478 e. The fourth-order valence-electron chi connectivity index (χ4n) is 2.23. The summed E-state index contributed by atoms with van der Waals surface area (Å²) in [6.45, 7) is 2.38. The average molecular weight is 281 g/mol. The van der Waals surface area contributed by atoms with Gasteiger partial charge >= 0.3 is 5.97 Å². The number of carboxylic acid groups (broad SMARTS) is 1. The predicted molar refractivity (Wildman–Crippen MR) is 70.1 cm³/mol. The minimum Gasteiger partial charge on any atom is -0.478 e. The average Bonchev–Trinajstić information content (AvgIpc) is 2.41. The molecule has 1 saturated heterocycles. The highest BCUT2D eigenvalue weighted by molar-refractivity contribution is 5.95. The first-order chi connectivity index (χ1) is 9.47. The standard InChI is InChI=1S/C14H16FNO4/c1-8-6-9(4-5-20-8)13(17)16-12-7-10(14(18)19)2-3-11(12)15/h2-3,7-9H,4-6H2,1H3,(H,16,17)(H,18,19)/t8-,9-/m1/s1. The fourth-order valence-corrected chi connectivity index (χ4v) is 2.23. The zero-order chi connectivity index (χ0) is 14.7. The molecule has 1 aliphatic heterocycles. The van der Waals surface area contributed by atoms with Gasteiger partial charge in [-0.05, 0) is 38.0 Å². The van der Waals surface area contributed by atoms with Crippen molar-refractivity contribution in [1.29, 1.82) is 0 Å². The van der Waals surface area contributed by atoms with Crippen LogP contribution >= 0.6 is 0 Å². The third-order valence-electron chi connectivity index (χ3n) is 3.33. The Morgan fingerprint density at radius 1 is 1.45 bits per heavy atom. The summed E-state index contributed by atoms with van der Waals surface area (Å²) in [4.78, 5) is 22.9. The van der Waals surface area contributed by atoms with Gasteiger partial charge in [0.15, 0.2) is 0 Å². The quantitative estimate of drug-likeness (QED) is 0.891. The Kier molecular flexibility index (Phi) is 4.34. The second-order valence-corrected chi connectivity index (χ2v) is 4.89. The minimum atomic E-state index is -1.17. The van der Waals surface area contributed by atoms with Gasteiger partial charge in [0, 0.05) is 12.5 Å². The molecule has 2 N–H and O–H groups in total. The summed E-state index contributed by atoms with van der Waals surface area (Å²) in [5.74, 6) is -2.36. The van der Waals surface area contributed by atoms with Crippen molar-refractivity contribution in [2.45, 2.75) is 25.9 Å². The number of carboxylic acids is 1. The SMILES string of the molecule is C[C@@H]1C[C@H](C(=O)Nc2cc(C(=O)O)ccc2F)CCO1. The molecular weight excluding hydrogens is 265 g/mol. The van der Waals surface area contributed by atoms with Crippen LogP contribution in [-0.2, 0) is 9.53 Å². The molecule has 0 unspecified atom stereocenters. The van der Waals surface area contributed by atoms with Gasteiger partial charge in [-0.2, -0.15) is 0 Å². The van der Waals surface area contributed by atoms with E-state index in [0.717, 1.165) is 18.2 Å². The van der Waals surface area contributed by atoms with Gasteiger partial charge in [0.05, 0.1) is 17.4 Å². The van der Waals surface area contributed by atoms with Gasteiger partial charge in [0.2, 0.25) is 5.91 Å². The van der Waals surface area contributed by atoms with Crippen molar-refractivity contribution in [2.24, 2.45) is 5.92 Å². The molecule has 1 amide bonds. The summed E-state index contributed by atoms with van der Waals surface area (Å²) >= 11 is 0. The van der Waals surface area contributed by atoms with E-state index in [9.17, 15) is 14.0 Å². The molecule has 0 saturated carbocycles. The van der Waals surface area contributed by atoms with E-state index in [1.54, 1.807) is 0 Å². The molecule has 20 heavy (non-hydrogen) atoms. The normalized spacial score (nSPS) is 22.3. The molecule has 0 aromatic heterocycles. The molecule has 6 heteroatoms. The van der Waals surface area contributed by atoms with Gasteiger partial charge in [-0.3, -0.25) is 4.79 Å². The lowest BCUT2D eigenvalue weighted by Crippen LogP contribution is -2.32. The number of hydrogen-bond acceptors (Lipinski definition) is 3. The first-order valence-electron chi connectivity index (χ1n) is 6.42. The van der Waals surface area contributed by atoms with Gasteiger partial charge < -0.3 is 15.2 Å². The van der Waals surface area contributed by atoms with Crippen LogP contribution in [0.4, 0.5) is 10.1 Å². The number of aromatic carboxylic acids is 1. The Hall–Kier alpha value is -1.95. The van der Waals surface area contributed by atoms with Crippen LogP contribution in [0.3, 0.4) is 0 Å². The van der Waals surface area contributed by atoms with Crippen LogP contribution in [0.1, 0.15) is 30.1 Å². The second-order valence-electron chi connectivity index (χ2n) is 4.89. The summed E-state index contributed by atoms with van der Waals surface area (Å²) in [6.07, 6.45) is 1.15. The molecule has 5 nitrogen and oxygen atoms in total. The molecule has 2 rings (SSSR count). The molecule has 2 atom stereocenters. The Balaban J connectivity index is 2.10. The third kappa shape index (κ3) is 3.33. The molecule has 0 bridgehead atoms. The van der Waals surface area contributed by atoms with Gasteiger partial charge in [-0.15, -0.1) is 0 Å². The first-order valence-corrected chi connectivity index (χ1v) is 6.42. The summed E-state index contributed by atoms with van der Waals surface area (Å²) in [5, 5.41) is 11.3. The number of carbonyl (C=O) groups is 2. The molecule has 1 aliphatic rings. The number of amides is 1. The molecule has 1 heterocycles. The van der Waals surface area contributed by atoms with E-state index < -0.39 is 11.8 Å². The fraction of sp³-hybridized carbons (Fsp3) is 0.429. The van der Waals surface area contributed by atoms with Crippen LogP contribution in [-0.4, -0.2) is 29.7 Å². The first kappa shape index (κ1) is 14.5. The smallest absolute Gasteiger partial charge is 0.335 e. The molecule has 0 aliphatic carbocycles. The van der Waals surface area contributed by atoms with E-state index in [1.165, 1.54) is 0 Å². The van der Waals surface area contributed by atoms with Gasteiger partial charge in [-0.25, -0.2) is 9.18 Å².